The molecule has 1 heterocycles. The number of carboxylic acids is 1. The number of nitrogens with zero attached hydrogens (tertiary/aromatic N) is 2. The molecule has 0 aromatic heterocycles. The van der Waals surface area contributed by atoms with Gasteiger partial charge in [-0.3, -0.25) is 9.69 Å². The van der Waals surface area contributed by atoms with Crippen LogP contribution in [0.15, 0.2) is 30.3 Å². The molecule has 1 fully saturated rings. The van der Waals surface area contributed by atoms with Gasteiger partial charge in [-0.15, -0.1) is 0 Å². The first-order valence-corrected chi connectivity index (χ1v) is 6.69. The van der Waals surface area contributed by atoms with Gasteiger partial charge >= 0.3 is 5.97 Å². The van der Waals surface area contributed by atoms with Gasteiger partial charge < -0.3 is 10.0 Å². The molecule has 4 nitrogen and oxygen atoms in total. The average Bonchev–Trinajstić information content (AvgIpc) is 2.72. The Morgan fingerprint density at radius 1 is 1.32 bits per heavy atom. The lowest BCUT2D eigenvalue weighted by Crippen LogP contribution is -2.36. The van der Waals surface area contributed by atoms with E-state index in [1.165, 1.54) is 0 Å². The Morgan fingerprint density at radius 2 is 1.95 bits per heavy atom. The number of carbonyl (C=O) groups is 1. The summed E-state index contributed by atoms with van der Waals surface area (Å²) in [6, 6.07) is 9.39. The summed E-state index contributed by atoms with van der Waals surface area (Å²) >= 11 is 0. The van der Waals surface area contributed by atoms with Gasteiger partial charge in [-0.05, 0) is 25.6 Å². The highest BCUT2D eigenvalue weighted by atomic mass is 16.4. The molecule has 1 N–H and O–H groups in total. The van der Waals surface area contributed by atoms with Crippen LogP contribution >= 0.6 is 0 Å². The highest BCUT2D eigenvalue weighted by molar-refractivity contribution is 5.75. The SMILES string of the molecule is CC1CN(C(C(=O)O)c2ccccc2)CC1N(C)C. The summed E-state index contributed by atoms with van der Waals surface area (Å²) in [5.41, 5.74) is 0.863. The maximum atomic E-state index is 11.6. The van der Waals surface area contributed by atoms with Crippen LogP contribution in [-0.2, 0) is 4.79 Å². The predicted octanol–water partition coefficient (Wildman–Crippen LogP) is 1.69. The van der Waals surface area contributed by atoms with Crippen LogP contribution < -0.4 is 0 Å². The van der Waals surface area contributed by atoms with Crippen LogP contribution in [0.25, 0.3) is 0 Å². The van der Waals surface area contributed by atoms with Gasteiger partial charge in [-0.25, -0.2) is 0 Å². The number of aliphatic carboxylic acids is 1. The van der Waals surface area contributed by atoms with Gasteiger partial charge in [0, 0.05) is 19.1 Å². The largest absolute Gasteiger partial charge is 0.480 e. The van der Waals surface area contributed by atoms with E-state index in [2.05, 4.69) is 30.8 Å². The van der Waals surface area contributed by atoms with Crippen LogP contribution in [0.3, 0.4) is 0 Å². The normalized spacial score (nSPS) is 25.7. The maximum Gasteiger partial charge on any atom is 0.325 e. The van der Waals surface area contributed by atoms with Crippen molar-refractivity contribution < 1.29 is 9.90 Å². The minimum Gasteiger partial charge on any atom is -0.480 e. The molecular formula is C15H22N2O2. The van der Waals surface area contributed by atoms with Crippen LogP contribution in [0.2, 0.25) is 0 Å². The second-order valence-electron chi connectivity index (χ2n) is 5.61. The van der Waals surface area contributed by atoms with Gasteiger partial charge in [-0.2, -0.15) is 0 Å². The van der Waals surface area contributed by atoms with Crippen molar-refractivity contribution in [3.8, 4) is 0 Å². The molecule has 0 bridgehead atoms. The molecule has 1 aromatic rings. The number of carboxylic acid groups (broad SMARTS) is 1. The monoisotopic (exact) mass is 262 g/mol. The third-order valence-electron chi connectivity index (χ3n) is 3.98. The lowest BCUT2D eigenvalue weighted by Gasteiger charge is -2.26. The Hall–Kier alpha value is -1.39. The van der Waals surface area contributed by atoms with Crippen LogP contribution in [0.1, 0.15) is 18.5 Å². The van der Waals surface area contributed by atoms with E-state index in [0.29, 0.717) is 12.0 Å². The fourth-order valence-corrected chi connectivity index (χ4v) is 3.01. The highest BCUT2D eigenvalue weighted by Crippen LogP contribution is 2.29. The minimum absolute atomic E-state index is 0.422. The zero-order valence-corrected chi connectivity index (χ0v) is 11.8. The fourth-order valence-electron chi connectivity index (χ4n) is 3.01. The van der Waals surface area contributed by atoms with Gasteiger partial charge in [0.25, 0.3) is 0 Å². The topological polar surface area (TPSA) is 43.8 Å². The third kappa shape index (κ3) is 2.96. The van der Waals surface area contributed by atoms with Crippen LogP contribution in [0.5, 0.6) is 0 Å². The summed E-state index contributed by atoms with van der Waals surface area (Å²) < 4.78 is 0. The molecule has 3 atom stereocenters. The first-order valence-electron chi connectivity index (χ1n) is 6.69. The Morgan fingerprint density at radius 3 is 2.42 bits per heavy atom. The molecule has 4 heteroatoms. The van der Waals surface area contributed by atoms with E-state index in [1.807, 2.05) is 30.3 Å². The third-order valence-corrected chi connectivity index (χ3v) is 3.98. The van der Waals surface area contributed by atoms with Crippen molar-refractivity contribution in [1.82, 2.24) is 9.80 Å². The number of hydrogen-bond acceptors (Lipinski definition) is 3. The number of hydrogen-bond donors (Lipinski definition) is 1. The lowest BCUT2D eigenvalue weighted by atomic mass is 10.1. The molecule has 0 amide bonds. The van der Waals surface area contributed by atoms with Crippen LogP contribution in [0.4, 0.5) is 0 Å². The van der Waals surface area contributed by atoms with Crippen molar-refractivity contribution in [2.45, 2.75) is 19.0 Å². The van der Waals surface area contributed by atoms with E-state index in [4.69, 9.17) is 0 Å². The van der Waals surface area contributed by atoms with Crippen molar-refractivity contribution in [3.05, 3.63) is 35.9 Å². The van der Waals surface area contributed by atoms with Crippen molar-refractivity contribution in [2.75, 3.05) is 27.2 Å². The second kappa shape index (κ2) is 5.72. The Bertz CT molecular complexity index is 433. The summed E-state index contributed by atoms with van der Waals surface area (Å²) in [6.45, 7) is 3.82. The smallest absolute Gasteiger partial charge is 0.325 e. The van der Waals surface area contributed by atoms with Gasteiger partial charge in [0.2, 0.25) is 0 Å². The van der Waals surface area contributed by atoms with Crippen molar-refractivity contribution >= 4 is 5.97 Å². The molecule has 1 aliphatic rings. The molecule has 3 unspecified atom stereocenters. The zero-order chi connectivity index (χ0) is 14.0. The maximum absolute atomic E-state index is 11.6. The van der Waals surface area contributed by atoms with E-state index in [9.17, 15) is 9.90 Å². The number of likely N-dealkylation sites (tertiary alicyclic amines) is 1. The van der Waals surface area contributed by atoms with Crippen molar-refractivity contribution in [2.24, 2.45) is 5.92 Å². The average molecular weight is 262 g/mol. The molecular weight excluding hydrogens is 240 g/mol. The summed E-state index contributed by atoms with van der Waals surface area (Å²) in [7, 11) is 4.12. The molecule has 0 radical (unpaired) electrons. The van der Waals surface area contributed by atoms with E-state index in [-0.39, 0.29) is 0 Å². The molecule has 1 aliphatic heterocycles. The summed E-state index contributed by atoms with van der Waals surface area (Å²) in [4.78, 5) is 15.9. The van der Waals surface area contributed by atoms with Crippen molar-refractivity contribution in [3.63, 3.8) is 0 Å². The zero-order valence-electron chi connectivity index (χ0n) is 11.8. The first kappa shape index (κ1) is 14.0. The van der Waals surface area contributed by atoms with Gasteiger partial charge in [0.1, 0.15) is 6.04 Å². The van der Waals surface area contributed by atoms with Crippen LogP contribution in [-0.4, -0.2) is 54.1 Å². The minimum atomic E-state index is -0.766. The Balaban J connectivity index is 2.21. The first-order chi connectivity index (χ1) is 9.00. The van der Waals surface area contributed by atoms with Crippen LogP contribution in [0, 0.1) is 5.92 Å². The molecule has 1 aromatic carbocycles. The van der Waals surface area contributed by atoms with E-state index >= 15 is 0 Å². The second-order valence-corrected chi connectivity index (χ2v) is 5.61. The predicted molar refractivity (Wildman–Crippen MR) is 75.0 cm³/mol. The highest BCUT2D eigenvalue weighted by Gasteiger charge is 2.38. The van der Waals surface area contributed by atoms with E-state index in [1.54, 1.807) is 0 Å². The Kier molecular flexibility index (Phi) is 4.22. The number of benzene rings is 1. The van der Waals surface area contributed by atoms with E-state index in [0.717, 1.165) is 18.7 Å². The summed E-state index contributed by atoms with van der Waals surface area (Å²) in [6.07, 6.45) is 0. The molecule has 104 valence electrons. The number of likely N-dealkylation sites (N-methyl/N-ethyl adjacent to an activating group) is 1. The lowest BCUT2D eigenvalue weighted by molar-refractivity contribution is -0.143. The van der Waals surface area contributed by atoms with E-state index < -0.39 is 12.0 Å². The summed E-state index contributed by atoms with van der Waals surface area (Å²) in [5, 5.41) is 9.54. The number of rotatable bonds is 4. The van der Waals surface area contributed by atoms with Gasteiger partial charge in [-0.1, -0.05) is 37.3 Å². The molecule has 2 rings (SSSR count). The standard InChI is InChI=1S/C15H22N2O2/c1-11-9-17(10-13(11)16(2)3)14(15(18)19)12-7-5-4-6-8-12/h4-8,11,13-14H,9-10H2,1-3H3,(H,18,19). The molecule has 0 saturated carbocycles. The summed E-state index contributed by atoms with van der Waals surface area (Å²) in [5.74, 6) is -0.279. The Labute approximate surface area is 114 Å². The molecule has 1 saturated heterocycles. The molecule has 0 spiro atoms. The van der Waals surface area contributed by atoms with Gasteiger partial charge in [0.05, 0.1) is 0 Å². The fraction of sp³-hybridized carbons (Fsp3) is 0.533. The quantitative estimate of drug-likeness (QED) is 0.897. The molecule has 0 aliphatic carbocycles. The molecule has 19 heavy (non-hydrogen) atoms. The van der Waals surface area contributed by atoms with Gasteiger partial charge in [0.15, 0.2) is 0 Å². The van der Waals surface area contributed by atoms with Crippen molar-refractivity contribution in [1.29, 1.82) is 0 Å².